The van der Waals surface area contributed by atoms with E-state index in [0.29, 0.717) is 35.6 Å². The molecule has 0 spiro atoms. The summed E-state index contributed by atoms with van der Waals surface area (Å²) in [4.78, 5) is 27.2. The molecule has 1 unspecified atom stereocenters. The van der Waals surface area contributed by atoms with Crippen LogP contribution in [0.15, 0.2) is 54.1 Å². The molecule has 1 aliphatic rings. The Balaban J connectivity index is 2.15. The van der Waals surface area contributed by atoms with Crippen LogP contribution in [-0.4, -0.2) is 41.5 Å². The Bertz CT molecular complexity index is 979. The number of amides is 1. The smallest absolute Gasteiger partial charge is 0.295 e. The van der Waals surface area contributed by atoms with Gasteiger partial charge in [-0.15, -0.1) is 0 Å². The van der Waals surface area contributed by atoms with Gasteiger partial charge in [0.2, 0.25) is 0 Å². The van der Waals surface area contributed by atoms with Gasteiger partial charge in [-0.25, -0.2) is 0 Å². The zero-order valence-corrected chi connectivity index (χ0v) is 17.7. The molecule has 0 aliphatic carbocycles. The zero-order valence-electron chi connectivity index (χ0n) is 17.7. The van der Waals surface area contributed by atoms with Gasteiger partial charge in [-0.1, -0.05) is 31.2 Å². The largest absolute Gasteiger partial charge is 0.507 e. The van der Waals surface area contributed by atoms with E-state index in [9.17, 15) is 14.7 Å². The first-order valence-corrected chi connectivity index (χ1v) is 10.1. The Kier molecular flexibility index (Phi) is 6.45. The molecule has 6 heteroatoms. The van der Waals surface area contributed by atoms with E-state index in [2.05, 4.69) is 0 Å². The number of benzene rings is 2. The SMILES string of the molecule is CCCN1C(=O)C(=O)/C(=C(\O)c2cccc(OC(C)C)c2)C1c1cccc(OC)c1. The number of Topliss-reactive ketones (excluding diaryl/α,β-unsaturated/α-hetero) is 1. The first-order valence-electron chi connectivity index (χ1n) is 10.1. The van der Waals surface area contributed by atoms with Gasteiger partial charge in [0.25, 0.3) is 11.7 Å². The Morgan fingerprint density at radius 2 is 1.80 bits per heavy atom. The van der Waals surface area contributed by atoms with Crippen LogP contribution in [0.2, 0.25) is 0 Å². The molecule has 0 radical (unpaired) electrons. The quantitative estimate of drug-likeness (QED) is 0.419. The van der Waals surface area contributed by atoms with E-state index in [4.69, 9.17) is 9.47 Å². The van der Waals surface area contributed by atoms with Crippen LogP contribution in [0, 0.1) is 0 Å². The van der Waals surface area contributed by atoms with Gasteiger partial charge in [0.05, 0.1) is 24.8 Å². The molecule has 1 amide bonds. The number of methoxy groups -OCH3 is 1. The second kappa shape index (κ2) is 9.03. The molecule has 1 aliphatic heterocycles. The van der Waals surface area contributed by atoms with Gasteiger partial charge in [0.15, 0.2) is 0 Å². The van der Waals surface area contributed by atoms with E-state index in [0.717, 1.165) is 0 Å². The third-order valence-corrected chi connectivity index (χ3v) is 4.89. The van der Waals surface area contributed by atoms with Crippen LogP contribution in [0.5, 0.6) is 11.5 Å². The summed E-state index contributed by atoms with van der Waals surface area (Å²) in [5, 5.41) is 11.1. The molecule has 1 saturated heterocycles. The Labute approximate surface area is 176 Å². The summed E-state index contributed by atoms with van der Waals surface area (Å²) >= 11 is 0. The molecule has 1 fully saturated rings. The maximum atomic E-state index is 12.9. The fourth-order valence-electron chi connectivity index (χ4n) is 3.65. The lowest BCUT2D eigenvalue weighted by molar-refractivity contribution is -0.139. The highest BCUT2D eigenvalue weighted by Gasteiger charge is 2.45. The van der Waals surface area contributed by atoms with Crippen LogP contribution in [0.4, 0.5) is 0 Å². The number of ether oxygens (including phenoxy) is 2. The molecular weight excluding hydrogens is 382 g/mol. The molecule has 1 atom stereocenters. The Morgan fingerprint density at radius 1 is 1.10 bits per heavy atom. The van der Waals surface area contributed by atoms with Gasteiger partial charge in [0, 0.05) is 12.1 Å². The van der Waals surface area contributed by atoms with E-state index in [1.165, 1.54) is 4.90 Å². The van der Waals surface area contributed by atoms with Crippen LogP contribution in [0.3, 0.4) is 0 Å². The maximum absolute atomic E-state index is 12.9. The number of likely N-dealkylation sites (tertiary alicyclic amines) is 1. The van der Waals surface area contributed by atoms with Crippen LogP contribution in [-0.2, 0) is 9.59 Å². The van der Waals surface area contributed by atoms with Crippen LogP contribution < -0.4 is 9.47 Å². The van der Waals surface area contributed by atoms with Crippen molar-refractivity contribution in [2.45, 2.75) is 39.3 Å². The summed E-state index contributed by atoms with van der Waals surface area (Å²) in [6.45, 7) is 6.16. The van der Waals surface area contributed by atoms with Gasteiger partial charge in [-0.05, 0) is 50.1 Å². The standard InChI is InChI=1S/C24H27NO5/c1-5-12-25-21(16-8-6-10-18(13-16)29-4)20(23(27)24(25)28)22(26)17-9-7-11-19(14-17)30-15(2)3/h6-11,13-15,21,26H,5,12H2,1-4H3/b22-20-. The number of aliphatic hydroxyl groups excluding tert-OH is 1. The van der Waals surface area contributed by atoms with Crippen LogP contribution in [0.25, 0.3) is 5.76 Å². The fourth-order valence-corrected chi connectivity index (χ4v) is 3.65. The monoisotopic (exact) mass is 409 g/mol. The van der Waals surface area contributed by atoms with E-state index < -0.39 is 17.7 Å². The topological polar surface area (TPSA) is 76.1 Å². The van der Waals surface area contributed by atoms with E-state index in [1.54, 1.807) is 49.6 Å². The van der Waals surface area contributed by atoms with Gasteiger partial charge >= 0.3 is 0 Å². The minimum atomic E-state index is -0.691. The Morgan fingerprint density at radius 3 is 2.47 bits per heavy atom. The van der Waals surface area contributed by atoms with Gasteiger partial charge in [-0.2, -0.15) is 0 Å². The predicted octanol–water partition coefficient (Wildman–Crippen LogP) is 4.31. The number of aliphatic hydroxyl groups is 1. The van der Waals surface area contributed by atoms with Crippen molar-refractivity contribution in [2.75, 3.05) is 13.7 Å². The van der Waals surface area contributed by atoms with E-state index in [-0.39, 0.29) is 17.4 Å². The highest BCUT2D eigenvalue weighted by atomic mass is 16.5. The van der Waals surface area contributed by atoms with Crippen molar-refractivity contribution >= 4 is 17.4 Å². The molecule has 30 heavy (non-hydrogen) atoms. The first kappa shape index (κ1) is 21.4. The Hall–Kier alpha value is -3.28. The number of carbonyl (C=O) groups is 2. The number of nitrogens with zero attached hydrogens (tertiary/aromatic N) is 1. The van der Waals surface area contributed by atoms with E-state index in [1.807, 2.05) is 26.8 Å². The van der Waals surface area contributed by atoms with Crippen molar-refractivity contribution in [1.82, 2.24) is 4.90 Å². The van der Waals surface area contributed by atoms with Gasteiger partial charge in [0.1, 0.15) is 17.3 Å². The third-order valence-electron chi connectivity index (χ3n) is 4.89. The lowest BCUT2D eigenvalue weighted by Gasteiger charge is -2.25. The lowest BCUT2D eigenvalue weighted by atomic mass is 9.95. The molecule has 3 rings (SSSR count). The summed E-state index contributed by atoms with van der Waals surface area (Å²) in [6, 6.07) is 13.4. The molecule has 0 saturated carbocycles. The van der Waals surface area contributed by atoms with Crippen molar-refractivity contribution in [2.24, 2.45) is 0 Å². The number of carbonyl (C=O) groups excluding carboxylic acids is 2. The minimum Gasteiger partial charge on any atom is -0.507 e. The second-order valence-corrected chi connectivity index (χ2v) is 7.46. The van der Waals surface area contributed by atoms with Crippen LogP contribution in [0.1, 0.15) is 44.4 Å². The third kappa shape index (κ3) is 4.17. The van der Waals surface area contributed by atoms with Crippen molar-refractivity contribution in [3.8, 4) is 11.5 Å². The summed E-state index contributed by atoms with van der Waals surface area (Å²) in [6.07, 6.45) is 0.653. The average molecular weight is 409 g/mol. The van der Waals surface area contributed by atoms with E-state index >= 15 is 0 Å². The average Bonchev–Trinajstić information content (AvgIpc) is 2.98. The molecule has 2 aromatic carbocycles. The molecule has 158 valence electrons. The predicted molar refractivity (Wildman–Crippen MR) is 115 cm³/mol. The molecular formula is C24H27NO5. The van der Waals surface area contributed by atoms with Gasteiger partial charge < -0.3 is 19.5 Å². The van der Waals surface area contributed by atoms with Crippen LogP contribution >= 0.6 is 0 Å². The first-order chi connectivity index (χ1) is 14.4. The molecule has 6 nitrogen and oxygen atoms in total. The highest BCUT2D eigenvalue weighted by Crippen LogP contribution is 2.40. The van der Waals surface area contributed by atoms with Crippen molar-refractivity contribution < 1.29 is 24.2 Å². The number of hydrogen-bond acceptors (Lipinski definition) is 5. The maximum Gasteiger partial charge on any atom is 0.295 e. The summed E-state index contributed by atoms with van der Waals surface area (Å²) in [5.74, 6) is -0.324. The van der Waals surface area contributed by atoms with Gasteiger partial charge in [-0.3, -0.25) is 9.59 Å². The number of hydrogen-bond donors (Lipinski definition) is 1. The molecule has 1 N–H and O–H groups in total. The number of ketones is 1. The highest BCUT2D eigenvalue weighted by molar-refractivity contribution is 6.46. The summed E-state index contributed by atoms with van der Waals surface area (Å²) in [5.41, 5.74) is 1.21. The molecule has 1 heterocycles. The summed E-state index contributed by atoms with van der Waals surface area (Å²) in [7, 11) is 1.56. The normalized spacial score (nSPS) is 18.2. The lowest BCUT2D eigenvalue weighted by Crippen LogP contribution is -2.30. The minimum absolute atomic E-state index is 0.0330. The van der Waals surface area contributed by atoms with Crippen molar-refractivity contribution in [3.05, 3.63) is 65.2 Å². The second-order valence-electron chi connectivity index (χ2n) is 7.46. The number of rotatable bonds is 7. The van der Waals surface area contributed by atoms with Crippen molar-refractivity contribution in [1.29, 1.82) is 0 Å². The molecule has 2 aromatic rings. The fraction of sp³-hybridized carbons (Fsp3) is 0.333. The summed E-state index contributed by atoms with van der Waals surface area (Å²) < 4.78 is 11.0. The van der Waals surface area contributed by atoms with Crippen molar-refractivity contribution in [3.63, 3.8) is 0 Å². The zero-order chi connectivity index (χ0) is 21.8. The molecule has 0 bridgehead atoms. The molecule has 0 aromatic heterocycles.